The van der Waals surface area contributed by atoms with Gasteiger partial charge in [0.1, 0.15) is 0 Å². The number of hydrogen-bond acceptors (Lipinski definition) is 5. The number of carbonyl (C=O) groups excluding carboxylic acids is 1. The summed E-state index contributed by atoms with van der Waals surface area (Å²) in [6.07, 6.45) is 4.71. The van der Waals surface area contributed by atoms with E-state index in [9.17, 15) is 4.79 Å². The van der Waals surface area contributed by atoms with Crippen molar-refractivity contribution in [3.05, 3.63) is 30.7 Å². The Morgan fingerprint density at radius 2 is 2.00 bits per heavy atom. The predicted octanol–water partition coefficient (Wildman–Crippen LogP) is 2.05. The Morgan fingerprint density at radius 3 is 2.64 bits per heavy atom. The van der Waals surface area contributed by atoms with Crippen LogP contribution in [0.15, 0.2) is 35.2 Å². The molecular weight excluding hydrogens is 280 g/mol. The van der Waals surface area contributed by atoms with Crippen LogP contribution in [0.2, 0.25) is 0 Å². The number of hydrogen-bond donors (Lipinski definition) is 2. The van der Waals surface area contributed by atoms with E-state index >= 15 is 0 Å². The second-order valence-electron chi connectivity index (χ2n) is 6.26. The van der Waals surface area contributed by atoms with Crippen LogP contribution in [0.4, 0.5) is 5.69 Å². The zero-order valence-electron chi connectivity index (χ0n) is 12.1. The minimum Gasteiger partial charge on any atom is -0.342 e. The quantitative estimate of drug-likeness (QED) is 0.904. The van der Waals surface area contributed by atoms with Crippen LogP contribution in [-0.2, 0) is 4.79 Å². The molecule has 2 aliphatic carbocycles. The summed E-state index contributed by atoms with van der Waals surface area (Å²) in [7, 11) is 0. The SMILES string of the molecule is NC1C2CCC(C2)C1C(=O)Nc1ccc(-c2ncon2)cc1. The average Bonchev–Trinajstić information content (AvgIpc) is 3.25. The summed E-state index contributed by atoms with van der Waals surface area (Å²) < 4.78 is 4.73. The van der Waals surface area contributed by atoms with E-state index in [0.717, 1.165) is 24.1 Å². The van der Waals surface area contributed by atoms with Crippen molar-refractivity contribution in [2.24, 2.45) is 23.5 Å². The maximum atomic E-state index is 12.5. The largest absolute Gasteiger partial charge is 0.342 e. The number of amides is 1. The normalized spacial score (nSPS) is 29.7. The molecule has 4 rings (SSSR count). The molecule has 2 bridgehead atoms. The number of nitrogens with two attached hydrogens (primary N) is 1. The zero-order chi connectivity index (χ0) is 15.1. The van der Waals surface area contributed by atoms with Crippen molar-refractivity contribution in [2.75, 3.05) is 5.32 Å². The van der Waals surface area contributed by atoms with Gasteiger partial charge in [0, 0.05) is 17.3 Å². The van der Waals surface area contributed by atoms with Crippen molar-refractivity contribution in [2.45, 2.75) is 25.3 Å². The third-order valence-electron chi connectivity index (χ3n) is 5.06. The molecule has 3 N–H and O–H groups in total. The standard InChI is InChI=1S/C16H18N4O2/c17-14-11-2-1-10(7-11)13(14)16(21)19-12-5-3-9(4-6-12)15-18-8-22-20-15/h3-6,8,10-11,13-14H,1-2,7,17H2,(H,19,21). The maximum Gasteiger partial charge on any atom is 0.229 e. The molecule has 0 radical (unpaired) electrons. The van der Waals surface area contributed by atoms with Crippen LogP contribution in [0.3, 0.4) is 0 Å². The van der Waals surface area contributed by atoms with Gasteiger partial charge >= 0.3 is 0 Å². The Kier molecular flexibility index (Phi) is 3.18. The molecule has 4 unspecified atom stereocenters. The third-order valence-corrected chi connectivity index (χ3v) is 5.06. The fraction of sp³-hybridized carbons (Fsp3) is 0.438. The van der Waals surface area contributed by atoms with Crippen LogP contribution in [0.25, 0.3) is 11.4 Å². The van der Waals surface area contributed by atoms with E-state index < -0.39 is 0 Å². The van der Waals surface area contributed by atoms with Crippen molar-refractivity contribution in [3.63, 3.8) is 0 Å². The molecule has 0 saturated heterocycles. The molecule has 114 valence electrons. The highest BCUT2D eigenvalue weighted by molar-refractivity contribution is 5.93. The monoisotopic (exact) mass is 298 g/mol. The molecular formula is C16H18N4O2. The van der Waals surface area contributed by atoms with Gasteiger partial charge in [-0.2, -0.15) is 4.98 Å². The molecule has 22 heavy (non-hydrogen) atoms. The lowest BCUT2D eigenvalue weighted by Crippen LogP contribution is -2.42. The summed E-state index contributed by atoms with van der Waals surface area (Å²) in [5.74, 6) is 1.52. The van der Waals surface area contributed by atoms with Crippen LogP contribution < -0.4 is 11.1 Å². The fourth-order valence-corrected chi connectivity index (χ4v) is 3.95. The number of fused-ring (bicyclic) bond motifs is 2. The summed E-state index contributed by atoms with van der Waals surface area (Å²) in [5, 5.41) is 6.77. The van der Waals surface area contributed by atoms with Crippen LogP contribution in [-0.4, -0.2) is 22.1 Å². The van der Waals surface area contributed by atoms with E-state index in [1.165, 1.54) is 12.8 Å². The van der Waals surface area contributed by atoms with Crippen molar-refractivity contribution in [1.29, 1.82) is 0 Å². The van der Waals surface area contributed by atoms with Crippen molar-refractivity contribution in [1.82, 2.24) is 10.1 Å². The van der Waals surface area contributed by atoms with E-state index in [1.54, 1.807) is 0 Å². The summed E-state index contributed by atoms with van der Waals surface area (Å²) in [6, 6.07) is 7.44. The molecule has 2 fully saturated rings. The zero-order valence-corrected chi connectivity index (χ0v) is 12.1. The lowest BCUT2D eigenvalue weighted by atomic mass is 9.84. The minimum atomic E-state index is -0.0457. The molecule has 0 spiro atoms. The van der Waals surface area contributed by atoms with Gasteiger partial charge in [0.25, 0.3) is 0 Å². The maximum absolute atomic E-state index is 12.5. The van der Waals surface area contributed by atoms with E-state index in [1.807, 2.05) is 24.3 Å². The number of nitrogens with zero attached hydrogens (tertiary/aromatic N) is 2. The minimum absolute atomic E-state index is 0.0114. The number of anilines is 1. The molecule has 2 aliphatic rings. The number of rotatable bonds is 3. The number of benzene rings is 1. The van der Waals surface area contributed by atoms with Crippen molar-refractivity contribution in [3.8, 4) is 11.4 Å². The molecule has 0 aliphatic heterocycles. The van der Waals surface area contributed by atoms with E-state index in [0.29, 0.717) is 17.7 Å². The third kappa shape index (κ3) is 2.20. The van der Waals surface area contributed by atoms with Crippen LogP contribution in [0.1, 0.15) is 19.3 Å². The van der Waals surface area contributed by atoms with Crippen molar-refractivity contribution < 1.29 is 9.32 Å². The Bertz CT molecular complexity index is 666. The van der Waals surface area contributed by atoms with Gasteiger partial charge < -0.3 is 15.6 Å². The summed E-state index contributed by atoms with van der Waals surface area (Å²) >= 11 is 0. The molecule has 6 nitrogen and oxygen atoms in total. The van der Waals surface area contributed by atoms with Gasteiger partial charge in [0.2, 0.25) is 18.1 Å². The highest BCUT2D eigenvalue weighted by Crippen LogP contribution is 2.47. The topological polar surface area (TPSA) is 94.0 Å². The Morgan fingerprint density at radius 1 is 1.23 bits per heavy atom. The summed E-state index contributed by atoms with van der Waals surface area (Å²) in [4.78, 5) is 16.5. The Balaban J connectivity index is 1.46. The Labute approximate surface area is 128 Å². The molecule has 1 aromatic carbocycles. The van der Waals surface area contributed by atoms with Gasteiger partial charge in [-0.3, -0.25) is 4.79 Å². The number of nitrogens with one attached hydrogen (secondary N) is 1. The smallest absolute Gasteiger partial charge is 0.229 e. The first-order chi connectivity index (χ1) is 10.7. The van der Waals surface area contributed by atoms with Gasteiger partial charge in [0.05, 0.1) is 5.92 Å². The van der Waals surface area contributed by atoms with Crippen LogP contribution >= 0.6 is 0 Å². The molecule has 2 aromatic rings. The highest BCUT2D eigenvalue weighted by Gasteiger charge is 2.49. The first kappa shape index (κ1) is 13.5. The lowest BCUT2D eigenvalue weighted by Gasteiger charge is -2.27. The fourth-order valence-electron chi connectivity index (χ4n) is 3.95. The summed E-state index contributed by atoms with van der Waals surface area (Å²) in [6.45, 7) is 0. The number of carbonyl (C=O) groups is 1. The van der Waals surface area contributed by atoms with Gasteiger partial charge in [-0.05, 0) is 55.4 Å². The van der Waals surface area contributed by atoms with Gasteiger partial charge in [-0.15, -0.1) is 0 Å². The van der Waals surface area contributed by atoms with Crippen molar-refractivity contribution >= 4 is 11.6 Å². The van der Waals surface area contributed by atoms with Gasteiger partial charge in [-0.1, -0.05) is 5.16 Å². The van der Waals surface area contributed by atoms with Crippen LogP contribution in [0, 0.1) is 17.8 Å². The van der Waals surface area contributed by atoms with E-state index in [4.69, 9.17) is 10.3 Å². The van der Waals surface area contributed by atoms with E-state index in [2.05, 4.69) is 15.5 Å². The predicted molar refractivity (Wildman–Crippen MR) is 80.7 cm³/mol. The Hall–Kier alpha value is -2.21. The second-order valence-corrected chi connectivity index (χ2v) is 6.26. The molecule has 2 saturated carbocycles. The summed E-state index contributed by atoms with van der Waals surface area (Å²) in [5.41, 5.74) is 7.84. The van der Waals surface area contributed by atoms with Gasteiger partial charge in [0.15, 0.2) is 0 Å². The second kappa shape index (κ2) is 5.21. The lowest BCUT2D eigenvalue weighted by molar-refractivity contribution is -0.121. The first-order valence-corrected chi connectivity index (χ1v) is 7.65. The molecule has 1 aromatic heterocycles. The average molecular weight is 298 g/mol. The van der Waals surface area contributed by atoms with E-state index in [-0.39, 0.29) is 17.9 Å². The molecule has 6 heteroatoms. The first-order valence-electron chi connectivity index (χ1n) is 7.65. The molecule has 1 amide bonds. The molecule has 4 atom stereocenters. The highest BCUT2D eigenvalue weighted by atomic mass is 16.5. The van der Waals surface area contributed by atoms with Gasteiger partial charge in [-0.25, -0.2) is 0 Å². The number of aromatic nitrogens is 2. The molecule has 1 heterocycles. The van der Waals surface area contributed by atoms with Crippen LogP contribution in [0.5, 0.6) is 0 Å².